The van der Waals surface area contributed by atoms with Gasteiger partial charge in [0.15, 0.2) is 0 Å². The van der Waals surface area contributed by atoms with Gasteiger partial charge >= 0.3 is 0 Å². The van der Waals surface area contributed by atoms with E-state index in [9.17, 15) is 4.80 Å². The van der Waals surface area contributed by atoms with Gasteiger partial charge in [0.2, 0.25) is 0 Å². The van der Waals surface area contributed by atoms with Crippen LogP contribution in [0, 0.1) is 0 Å². The summed E-state index contributed by atoms with van der Waals surface area (Å²) >= 11 is 0. The van der Waals surface area contributed by atoms with Crippen LogP contribution in [-0.2, 0) is 4.74 Å². The second-order valence-corrected chi connectivity index (χ2v) is 6.86. The van der Waals surface area contributed by atoms with Crippen molar-refractivity contribution in [2.75, 3.05) is 6.61 Å². The van der Waals surface area contributed by atoms with E-state index in [1.165, 1.54) is 0 Å². The smallest absolute Gasteiger partial charge is 0.253 e. The van der Waals surface area contributed by atoms with Gasteiger partial charge in [-0.1, -0.05) is 19.9 Å². The van der Waals surface area contributed by atoms with Gasteiger partial charge in [-0.15, -0.1) is 0 Å². The number of ether oxygens (including phenoxy) is 1. The van der Waals surface area contributed by atoms with E-state index in [-0.39, 0.29) is 0 Å². The molecule has 0 amide bonds. The van der Waals surface area contributed by atoms with E-state index in [4.69, 9.17) is 4.74 Å². The summed E-state index contributed by atoms with van der Waals surface area (Å²) in [5.41, 5.74) is 0. The normalized spacial score (nSPS) is 11.3. The van der Waals surface area contributed by atoms with Gasteiger partial charge in [-0.2, -0.15) is 0 Å². The quantitative estimate of drug-likeness (QED) is 0.393. The third kappa shape index (κ3) is 5.04. The van der Waals surface area contributed by atoms with Crippen LogP contribution in [0.4, 0.5) is 0 Å². The Bertz CT molecular complexity index is 127. The summed E-state index contributed by atoms with van der Waals surface area (Å²) in [6.07, 6.45) is 2.14. The molecule has 0 heterocycles. The first-order valence-electron chi connectivity index (χ1n) is 4.03. The van der Waals surface area contributed by atoms with Crippen molar-refractivity contribution in [2.24, 2.45) is 0 Å². The minimum absolute atomic E-state index is 0.589. The van der Waals surface area contributed by atoms with E-state index in [2.05, 4.69) is 13.5 Å². The van der Waals surface area contributed by atoms with Crippen LogP contribution in [0.25, 0.3) is 0 Å². The Morgan fingerprint density at radius 1 is 1.55 bits per heavy atom. The van der Waals surface area contributed by atoms with Crippen LogP contribution < -0.4 is 0 Å². The molecule has 3 heteroatoms. The number of hydrogen-bond donors (Lipinski definition) is 1. The highest BCUT2D eigenvalue weighted by atomic mass is 28.4. The van der Waals surface area contributed by atoms with E-state index in [1.54, 1.807) is 13.1 Å². The van der Waals surface area contributed by atoms with E-state index < -0.39 is 8.32 Å². The molecule has 0 aliphatic rings. The molecular weight excluding hydrogens is 156 g/mol. The first-order chi connectivity index (χ1) is 4.98. The predicted molar refractivity (Wildman–Crippen MR) is 49.7 cm³/mol. The standard InChI is InChI=1S/C8H18O2Si/c1-5-6-7-10-8(2)11(3,4)9/h9H,2,5-7H2,1,3-4H3. The number of hydrogen-bond acceptors (Lipinski definition) is 2. The average molecular weight is 174 g/mol. The zero-order chi connectivity index (χ0) is 8.91. The van der Waals surface area contributed by atoms with Gasteiger partial charge in [-0.3, -0.25) is 0 Å². The lowest BCUT2D eigenvalue weighted by molar-refractivity contribution is 0.220. The highest BCUT2D eigenvalue weighted by Crippen LogP contribution is 2.10. The third-order valence-corrected chi connectivity index (χ3v) is 2.97. The minimum Gasteiger partial charge on any atom is -0.501 e. The lowest BCUT2D eigenvalue weighted by Gasteiger charge is -2.17. The zero-order valence-electron chi connectivity index (χ0n) is 7.68. The van der Waals surface area contributed by atoms with Crippen molar-refractivity contribution in [2.45, 2.75) is 32.9 Å². The van der Waals surface area contributed by atoms with Crippen molar-refractivity contribution in [3.63, 3.8) is 0 Å². The van der Waals surface area contributed by atoms with Gasteiger partial charge in [-0.05, 0) is 19.5 Å². The summed E-state index contributed by atoms with van der Waals surface area (Å²) in [5, 5.41) is 0.589. The third-order valence-electron chi connectivity index (χ3n) is 1.46. The van der Waals surface area contributed by atoms with Crippen molar-refractivity contribution >= 4 is 8.32 Å². The van der Waals surface area contributed by atoms with Gasteiger partial charge in [0.1, 0.15) is 0 Å². The molecule has 0 radical (unpaired) electrons. The molecule has 0 atom stereocenters. The molecule has 2 nitrogen and oxygen atoms in total. The Balaban J connectivity index is 3.54. The van der Waals surface area contributed by atoms with Crippen molar-refractivity contribution in [3.05, 3.63) is 12.0 Å². The van der Waals surface area contributed by atoms with Crippen LogP contribution >= 0.6 is 0 Å². The molecule has 0 aromatic rings. The van der Waals surface area contributed by atoms with Crippen LogP contribution in [-0.4, -0.2) is 19.7 Å². The van der Waals surface area contributed by atoms with Crippen LogP contribution in [0.5, 0.6) is 0 Å². The fourth-order valence-corrected chi connectivity index (χ4v) is 0.972. The minimum atomic E-state index is -2.23. The Kier molecular flexibility index (Phi) is 4.45. The molecule has 0 saturated carbocycles. The highest BCUT2D eigenvalue weighted by molar-refractivity contribution is 6.76. The molecule has 0 rings (SSSR count). The summed E-state index contributed by atoms with van der Waals surface area (Å²) in [7, 11) is -2.23. The van der Waals surface area contributed by atoms with E-state index >= 15 is 0 Å². The molecule has 1 N–H and O–H groups in total. The second-order valence-electron chi connectivity index (χ2n) is 3.18. The lowest BCUT2D eigenvalue weighted by atomic mass is 10.4. The summed E-state index contributed by atoms with van der Waals surface area (Å²) in [6.45, 7) is 10.1. The first-order valence-corrected chi connectivity index (χ1v) is 6.97. The summed E-state index contributed by atoms with van der Waals surface area (Å²) in [4.78, 5) is 9.50. The van der Waals surface area contributed by atoms with Gasteiger partial charge in [0.25, 0.3) is 8.32 Å². The van der Waals surface area contributed by atoms with Crippen molar-refractivity contribution in [1.82, 2.24) is 0 Å². The highest BCUT2D eigenvalue weighted by Gasteiger charge is 2.22. The SMILES string of the molecule is C=C(OCCCC)[Si](C)(C)O. The molecule has 0 saturated heterocycles. The van der Waals surface area contributed by atoms with Crippen LogP contribution in [0.15, 0.2) is 12.0 Å². The van der Waals surface area contributed by atoms with E-state index in [1.807, 2.05) is 0 Å². The Morgan fingerprint density at radius 2 is 2.09 bits per heavy atom. The Hall–Kier alpha value is -0.283. The maximum atomic E-state index is 9.50. The molecule has 0 aliphatic carbocycles. The molecule has 66 valence electrons. The van der Waals surface area contributed by atoms with Crippen LogP contribution in [0.1, 0.15) is 19.8 Å². The second kappa shape index (κ2) is 4.57. The Morgan fingerprint density at radius 3 is 2.45 bits per heavy atom. The number of unbranched alkanes of at least 4 members (excludes halogenated alkanes) is 1. The first kappa shape index (κ1) is 10.7. The summed E-state index contributed by atoms with van der Waals surface area (Å²) < 4.78 is 5.26. The van der Waals surface area contributed by atoms with Gasteiger partial charge in [0, 0.05) is 0 Å². The van der Waals surface area contributed by atoms with Crippen molar-refractivity contribution < 1.29 is 9.53 Å². The molecule has 0 aromatic carbocycles. The predicted octanol–water partition coefficient (Wildman–Crippen LogP) is 2.05. The fraction of sp³-hybridized carbons (Fsp3) is 0.750. The van der Waals surface area contributed by atoms with Crippen molar-refractivity contribution in [3.8, 4) is 0 Å². The zero-order valence-corrected chi connectivity index (χ0v) is 8.68. The van der Waals surface area contributed by atoms with E-state index in [0.717, 1.165) is 12.8 Å². The molecular formula is C8H18O2Si. The van der Waals surface area contributed by atoms with Gasteiger partial charge in [0.05, 0.1) is 12.0 Å². The Labute approximate surface area is 70.0 Å². The van der Waals surface area contributed by atoms with Crippen molar-refractivity contribution in [1.29, 1.82) is 0 Å². The monoisotopic (exact) mass is 174 g/mol. The maximum Gasteiger partial charge on any atom is 0.253 e. The summed E-state index contributed by atoms with van der Waals surface area (Å²) in [6, 6.07) is 0. The molecule has 0 spiro atoms. The fourth-order valence-electron chi connectivity index (χ4n) is 0.516. The van der Waals surface area contributed by atoms with Gasteiger partial charge < -0.3 is 9.53 Å². The largest absolute Gasteiger partial charge is 0.501 e. The van der Waals surface area contributed by atoms with Crippen LogP contribution in [0.2, 0.25) is 13.1 Å². The van der Waals surface area contributed by atoms with E-state index in [0.29, 0.717) is 12.0 Å². The molecule has 0 aromatic heterocycles. The molecule has 0 aliphatic heterocycles. The molecule has 11 heavy (non-hydrogen) atoms. The molecule has 0 unspecified atom stereocenters. The lowest BCUT2D eigenvalue weighted by Crippen LogP contribution is -2.29. The molecule has 0 bridgehead atoms. The average Bonchev–Trinajstić information content (AvgIpc) is 1.86. The summed E-state index contributed by atoms with van der Waals surface area (Å²) in [5.74, 6) is 0. The van der Waals surface area contributed by atoms with Crippen LogP contribution in [0.3, 0.4) is 0 Å². The topological polar surface area (TPSA) is 29.5 Å². The number of rotatable bonds is 5. The maximum absolute atomic E-state index is 9.50. The van der Waals surface area contributed by atoms with Gasteiger partial charge in [-0.25, -0.2) is 0 Å². The molecule has 0 fully saturated rings.